The van der Waals surface area contributed by atoms with Gasteiger partial charge >= 0.3 is 0 Å². The summed E-state index contributed by atoms with van der Waals surface area (Å²) in [6, 6.07) is 4.05. The third-order valence-corrected chi connectivity index (χ3v) is 5.05. The summed E-state index contributed by atoms with van der Waals surface area (Å²) in [5.74, 6) is 0. The largest absolute Gasteiger partial charge is 0.373 e. The Balaban J connectivity index is 3.05. The van der Waals surface area contributed by atoms with Crippen molar-refractivity contribution in [1.29, 1.82) is 0 Å². The maximum Gasteiger partial charge on any atom is 0.205 e. The summed E-state index contributed by atoms with van der Waals surface area (Å²) in [6.45, 7) is 9.86. The van der Waals surface area contributed by atoms with Gasteiger partial charge in [0.1, 0.15) is 0 Å². The second kappa shape index (κ2) is 2.92. The molecule has 0 spiro atoms. The summed E-state index contributed by atoms with van der Waals surface area (Å²) >= 11 is 0. The topological polar surface area (TPSA) is 4.93 Å². The third-order valence-electron chi connectivity index (χ3n) is 1.99. The van der Waals surface area contributed by atoms with Gasteiger partial charge in [0.15, 0.2) is 0 Å². The fraction of sp³-hybridized carbons (Fsp3) is 0.111. The van der Waals surface area contributed by atoms with E-state index in [9.17, 15) is 0 Å². The standard InChI is InChI=1S/C9H13NSi/c1-4-11(3,5-2)10-8-6-7-9-10/h4-9H,1-2H2,3H3. The van der Waals surface area contributed by atoms with Gasteiger partial charge in [-0.1, -0.05) is 11.4 Å². The molecule has 0 N–H and O–H groups in total. The molecule has 58 valence electrons. The van der Waals surface area contributed by atoms with Gasteiger partial charge in [0.2, 0.25) is 8.24 Å². The van der Waals surface area contributed by atoms with Crippen molar-refractivity contribution in [1.82, 2.24) is 4.23 Å². The van der Waals surface area contributed by atoms with Crippen molar-refractivity contribution in [2.24, 2.45) is 0 Å². The smallest absolute Gasteiger partial charge is 0.205 e. The molecule has 0 aliphatic rings. The lowest BCUT2D eigenvalue weighted by Crippen LogP contribution is -2.34. The van der Waals surface area contributed by atoms with Crippen molar-refractivity contribution >= 4 is 8.24 Å². The van der Waals surface area contributed by atoms with Crippen molar-refractivity contribution in [3.05, 3.63) is 49.1 Å². The first-order valence-electron chi connectivity index (χ1n) is 3.63. The summed E-state index contributed by atoms with van der Waals surface area (Å²) < 4.78 is 2.20. The lowest BCUT2D eigenvalue weighted by molar-refractivity contribution is 1.18. The average molecular weight is 163 g/mol. The van der Waals surface area contributed by atoms with Crippen molar-refractivity contribution in [2.75, 3.05) is 0 Å². The molecule has 2 heteroatoms. The normalized spacial score (nSPS) is 11.0. The van der Waals surface area contributed by atoms with Gasteiger partial charge in [0.05, 0.1) is 0 Å². The molecule has 1 aromatic heterocycles. The number of aromatic nitrogens is 1. The zero-order valence-electron chi connectivity index (χ0n) is 6.83. The highest BCUT2D eigenvalue weighted by atomic mass is 28.3. The quantitative estimate of drug-likeness (QED) is 0.603. The van der Waals surface area contributed by atoms with E-state index < -0.39 is 8.24 Å². The molecule has 0 atom stereocenters. The Morgan fingerprint density at radius 2 is 1.64 bits per heavy atom. The number of hydrogen-bond acceptors (Lipinski definition) is 0. The molecule has 0 saturated heterocycles. The van der Waals surface area contributed by atoms with Crippen molar-refractivity contribution in [3.8, 4) is 0 Å². The summed E-state index contributed by atoms with van der Waals surface area (Å²) in [4.78, 5) is 0. The Labute approximate surface area is 68.8 Å². The first-order chi connectivity index (χ1) is 5.23. The van der Waals surface area contributed by atoms with Crippen LogP contribution >= 0.6 is 0 Å². The summed E-state index contributed by atoms with van der Waals surface area (Å²) in [5.41, 5.74) is 4.03. The summed E-state index contributed by atoms with van der Waals surface area (Å²) in [5, 5.41) is 0. The predicted molar refractivity (Wildman–Crippen MR) is 51.8 cm³/mol. The minimum Gasteiger partial charge on any atom is -0.373 e. The van der Waals surface area contributed by atoms with Gasteiger partial charge in [-0.3, -0.25) is 0 Å². The third kappa shape index (κ3) is 1.35. The van der Waals surface area contributed by atoms with Crippen LogP contribution in [0.2, 0.25) is 6.55 Å². The number of hydrogen-bond donors (Lipinski definition) is 0. The van der Waals surface area contributed by atoms with E-state index in [1.54, 1.807) is 0 Å². The van der Waals surface area contributed by atoms with E-state index in [2.05, 4.69) is 36.3 Å². The van der Waals surface area contributed by atoms with E-state index in [4.69, 9.17) is 0 Å². The lowest BCUT2D eigenvalue weighted by Gasteiger charge is -2.20. The van der Waals surface area contributed by atoms with Crippen LogP contribution in [0, 0.1) is 0 Å². The Kier molecular flexibility index (Phi) is 2.15. The van der Waals surface area contributed by atoms with E-state index in [0.717, 1.165) is 0 Å². The maximum absolute atomic E-state index is 3.83. The first-order valence-corrected chi connectivity index (χ1v) is 6.24. The minimum absolute atomic E-state index is 1.58. The SMILES string of the molecule is C=C[Si](C)(C=C)n1cccc1. The highest BCUT2D eigenvalue weighted by Crippen LogP contribution is 2.08. The molecule has 0 unspecified atom stereocenters. The van der Waals surface area contributed by atoms with Crippen LogP contribution in [0.5, 0.6) is 0 Å². The molecule has 0 aliphatic carbocycles. The van der Waals surface area contributed by atoms with Gasteiger partial charge in [-0.05, 0) is 31.1 Å². The van der Waals surface area contributed by atoms with Gasteiger partial charge in [-0.2, -0.15) is 0 Å². The van der Waals surface area contributed by atoms with E-state index >= 15 is 0 Å². The highest BCUT2D eigenvalue weighted by molar-refractivity contribution is 6.86. The molecule has 11 heavy (non-hydrogen) atoms. The molecule has 0 saturated carbocycles. The van der Waals surface area contributed by atoms with E-state index in [1.807, 2.05) is 23.5 Å². The number of nitrogens with zero attached hydrogens (tertiary/aromatic N) is 1. The van der Waals surface area contributed by atoms with Crippen molar-refractivity contribution in [2.45, 2.75) is 6.55 Å². The molecule has 0 fully saturated rings. The fourth-order valence-electron chi connectivity index (χ4n) is 0.950. The predicted octanol–water partition coefficient (Wildman–Crippen LogP) is 2.36. The van der Waals surface area contributed by atoms with Crippen LogP contribution in [0.4, 0.5) is 0 Å². The Morgan fingerprint density at radius 3 is 2.00 bits per heavy atom. The molecule has 0 radical (unpaired) electrons. The maximum atomic E-state index is 3.83. The lowest BCUT2D eigenvalue weighted by atomic mass is 10.7. The molecule has 0 aromatic carbocycles. The Hall–Kier alpha value is -1.02. The monoisotopic (exact) mass is 163 g/mol. The molecule has 1 rings (SSSR count). The first kappa shape index (κ1) is 8.08. The zero-order chi connectivity index (χ0) is 8.32. The van der Waals surface area contributed by atoms with E-state index in [0.29, 0.717) is 0 Å². The van der Waals surface area contributed by atoms with Crippen LogP contribution in [-0.4, -0.2) is 12.5 Å². The fourth-order valence-corrected chi connectivity index (χ4v) is 2.35. The molecule has 0 amide bonds. The zero-order valence-corrected chi connectivity index (χ0v) is 7.83. The summed E-state index contributed by atoms with van der Waals surface area (Å²) in [7, 11) is -1.58. The minimum atomic E-state index is -1.58. The average Bonchev–Trinajstić information content (AvgIpc) is 2.55. The Morgan fingerprint density at radius 1 is 1.18 bits per heavy atom. The van der Waals surface area contributed by atoms with Crippen molar-refractivity contribution < 1.29 is 0 Å². The van der Waals surface area contributed by atoms with Gasteiger partial charge < -0.3 is 4.23 Å². The van der Waals surface area contributed by atoms with Crippen LogP contribution < -0.4 is 0 Å². The van der Waals surface area contributed by atoms with Crippen LogP contribution in [-0.2, 0) is 0 Å². The summed E-state index contributed by atoms with van der Waals surface area (Å²) in [6.07, 6.45) is 4.13. The van der Waals surface area contributed by atoms with E-state index in [1.165, 1.54) is 0 Å². The van der Waals surface area contributed by atoms with E-state index in [-0.39, 0.29) is 0 Å². The van der Waals surface area contributed by atoms with Gasteiger partial charge in [0.25, 0.3) is 0 Å². The van der Waals surface area contributed by atoms with Gasteiger partial charge in [-0.15, -0.1) is 13.2 Å². The second-order valence-corrected chi connectivity index (χ2v) is 6.51. The molecule has 0 aliphatic heterocycles. The second-order valence-electron chi connectivity index (χ2n) is 2.72. The van der Waals surface area contributed by atoms with Crippen LogP contribution in [0.3, 0.4) is 0 Å². The molecular formula is C9H13NSi. The van der Waals surface area contributed by atoms with Crippen LogP contribution in [0.1, 0.15) is 0 Å². The number of rotatable bonds is 3. The molecule has 1 nitrogen and oxygen atoms in total. The van der Waals surface area contributed by atoms with Gasteiger partial charge in [-0.25, -0.2) is 0 Å². The molecule has 1 aromatic rings. The molecular weight excluding hydrogens is 150 g/mol. The van der Waals surface area contributed by atoms with Gasteiger partial charge in [0, 0.05) is 0 Å². The highest BCUT2D eigenvalue weighted by Gasteiger charge is 2.19. The molecule has 1 heterocycles. The van der Waals surface area contributed by atoms with Crippen molar-refractivity contribution in [3.63, 3.8) is 0 Å². The van der Waals surface area contributed by atoms with Crippen LogP contribution in [0.15, 0.2) is 49.1 Å². The molecule has 0 bridgehead atoms. The van der Waals surface area contributed by atoms with Crippen LogP contribution in [0.25, 0.3) is 0 Å². The Bertz CT molecular complexity index is 241.